The van der Waals surface area contributed by atoms with Crippen LogP contribution in [-0.4, -0.2) is 28.2 Å². The fraction of sp³-hybridized carbons (Fsp3) is 0.294. The van der Waals surface area contributed by atoms with Gasteiger partial charge in [-0.1, -0.05) is 13.0 Å². The van der Waals surface area contributed by atoms with Gasteiger partial charge in [0.2, 0.25) is 5.78 Å². The highest BCUT2D eigenvalue weighted by molar-refractivity contribution is 7.12. The van der Waals surface area contributed by atoms with Gasteiger partial charge in [-0.15, -0.1) is 22.7 Å². The SMILES string of the molecule is CCCN1C(=O)C(O)=C(C(=O)c2cccs2)C1c1sccc1C. The Morgan fingerprint density at radius 3 is 2.65 bits per heavy atom. The van der Waals surface area contributed by atoms with Crippen molar-refractivity contribution in [2.75, 3.05) is 6.54 Å². The van der Waals surface area contributed by atoms with Crippen LogP contribution in [0.2, 0.25) is 0 Å². The van der Waals surface area contributed by atoms with E-state index in [-0.39, 0.29) is 11.4 Å². The molecule has 1 atom stereocenters. The number of aliphatic hydroxyl groups excluding tert-OH is 1. The number of aliphatic hydroxyl groups is 1. The molecule has 3 rings (SSSR count). The number of amides is 1. The summed E-state index contributed by atoms with van der Waals surface area (Å²) in [5.74, 6) is -1.12. The van der Waals surface area contributed by atoms with Gasteiger partial charge >= 0.3 is 0 Å². The summed E-state index contributed by atoms with van der Waals surface area (Å²) in [6, 6.07) is 4.99. The Hall–Kier alpha value is -1.92. The Morgan fingerprint density at radius 2 is 2.09 bits per heavy atom. The summed E-state index contributed by atoms with van der Waals surface area (Å²) < 4.78 is 0. The van der Waals surface area contributed by atoms with Gasteiger partial charge in [-0.3, -0.25) is 9.59 Å². The first-order chi connectivity index (χ1) is 11.1. The molecule has 23 heavy (non-hydrogen) atoms. The normalized spacial score (nSPS) is 18.1. The Labute approximate surface area is 142 Å². The first-order valence-corrected chi connectivity index (χ1v) is 9.18. The quantitative estimate of drug-likeness (QED) is 0.828. The summed E-state index contributed by atoms with van der Waals surface area (Å²) >= 11 is 2.83. The molecule has 4 nitrogen and oxygen atoms in total. The van der Waals surface area contributed by atoms with Crippen molar-refractivity contribution in [3.63, 3.8) is 0 Å². The first-order valence-electron chi connectivity index (χ1n) is 7.42. The van der Waals surface area contributed by atoms with Crippen LogP contribution in [0.3, 0.4) is 0 Å². The molecule has 0 saturated carbocycles. The van der Waals surface area contributed by atoms with E-state index < -0.39 is 17.7 Å². The molecule has 0 aliphatic carbocycles. The van der Waals surface area contributed by atoms with Crippen LogP contribution in [0.1, 0.15) is 39.5 Å². The zero-order valence-corrected chi connectivity index (χ0v) is 14.5. The van der Waals surface area contributed by atoms with Crippen LogP contribution in [0.4, 0.5) is 0 Å². The van der Waals surface area contributed by atoms with E-state index >= 15 is 0 Å². The summed E-state index contributed by atoms with van der Waals surface area (Å²) in [6.07, 6.45) is 0.764. The Balaban J connectivity index is 2.11. The molecule has 6 heteroatoms. The molecule has 1 amide bonds. The number of ketones is 1. The molecular weight excluding hydrogens is 330 g/mol. The van der Waals surface area contributed by atoms with Gasteiger partial charge < -0.3 is 10.0 Å². The molecule has 2 aromatic heterocycles. The van der Waals surface area contributed by atoms with Crippen molar-refractivity contribution in [1.82, 2.24) is 4.90 Å². The van der Waals surface area contributed by atoms with Crippen molar-refractivity contribution in [3.05, 3.63) is 55.6 Å². The van der Waals surface area contributed by atoms with Gasteiger partial charge in [0.25, 0.3) is 5.91 Å². The molecule has 0 spiro atoms. The molecule has 0 saturated heterocycles. The molecule has 0 aromatic carbocycles. The number of hydrogen-bond acceptors (Lipinski definition) is 5. The zero-order chi connectivity index (χ0) is 16.6. The number of hydrogen-bond donors (Lipinski definition) is 1. The topological polar surface area (TPSA) is 57.6 Å². The molecule has 120 valence electrons. The van der Waals surface area contributed by atoms with Crippen molar-refractivity contribution in [2.45, 2.75) is 26.3 Å². The van der Waals surface area contributed by atoms with Crippen LogP contribution < -0.4 is 0 Å². The molecule has 2 aromatic rings. The van der Waals surface area contributed by atoms with Crippen molar-refractivity contribution < 1.29 is 14.7 Å². The van der Waals surface area contributed by atoms with E-state index in [4.69, 9.17) is 0 Å². The third-order valence-corrected chi connectivity index (χ3v) is 5.85. The van der Waals surface area contributed by atoms with E-state index in [0.29, 0.717) is 11.4 Å². The van der Waals surface area contributed by atoms with E-state index in [9.17, 15) is 14.7 Å². The first kappa shape index (κ1) is 16.0. The van der Waals surface area contributed by atoms with Gasteiger partial charge in [-0.2, -0.15) is 0 Å². The number of carbonyl (C=O) groups excluding carboxylic acids is 2. The predicted molar refractivity (Wildman–Crippen MR) is 92.1 cm³/mol. The minimum Gasteiger partial charge on any atom is -0.503 e. The van der Waals surface area contributed by atoms with Crippen LogP contribution >= 0.6 is 22.7 Å². The molecule has 0 radical (unpaired) electrons. The highest BCUT2D eigenvalue weighted by Crippen LogP contribution is 2.42. The van der Waals surface area contributed by atoms with Gasteiger partial charge in [-0.25, -0.2) is 0 Å². The molecule has 0 bridgehead atoms. The standard InChI is InChI=1S/C17H17NO3S2/c1-3-7-18-13(16-10(2)6-9-23-16)12(15(20)17(18)21)14(19)11-5-4-8-22-11/h4-6,8-9,13,20H,3,7H2,1-2H3. The van der Waals surface area contributed by atoms with Crippen LogP contribution in [0.15, 0.2) is 40.3 Å². The fourth-order valence-corrected chi connectivity index (χ4v) is 4.56. The lowest BCUT2D eigenvalue weighted by Gasteiger charge is -2.25. The van der Waals surface area contributed by atoms with E-state index in [1.807, 2.05) is 30.7 Å². The maximum atomic E-state index is 12.8. The second-order valence-corrected chi connectivity index (χ2v) is 7.33. The number of carbonyl (C=O) groups is 2. The predicted octanol–water partition coefficient (Wildman–Crippen LogP) is 4.11. The van der Waals surface area contributed by atoms with E-state index in [2.05, 4.69) is 0 Å². The van der Waals surface area contributed by atoms with Crippen molar-refractivity contribution in [2.24, 2.45) is 0 Å². The maximum absolute atomic E-state index is 12.8. The van der Waals surface area contributed by atoms with Crippen LogP contribution in [0, 0.1) is 6.92 Å². The minimum absolute atomic E-state index is 0.205. The average molecular weight is 347 g/mol. The zero-order valence-electron chi connectivity index (χ0n) is 12.9. The van der Waals surface area contributed by atoms with Crippen molar-refractivity contribution in [3.8, 4) is 0 Å². The van der Waals surface area contributed by atoms with Crippen molar-refractivity contribution in [1.29, 1.82) is 0 Å². The third-order valence-electron chi connectivity index (χ3n) is 3.91. The summed E-state index contributed by atoms with van der Waals surface area (Å²) in [6.45, 7) is 4.44. The summed E-state index contributed by atoms with van der Waals surface area (Å²) in [5.41, 5.74) is 1.23. The van der Waals surface area contributed by atoms with Crippen LogP contribution in [-0.2, 0) is 4.79 Å². The molecular formula is C17H17NO3S2. The highest BCUT2D eigenvalue weighted by atomic mass is 32.1. The lowest BCUT2D eigenvalue weighted by Crippen LogP contribution is -2.31. The number of thiophene rings is 2. The van der Waals surface area contributed by atoms with Crippen LogP contribution in [0.25, 0.3) is 0 Å². The third kappa shape index (κ3) is 2.62. The monoisotopic (exact) mass is 347 g/mol. The molecule has 3 heterocycles. The number of nitrogens with zero attached hydrogens (tertiary/aromatic N) is 1. The fourth-order valence-electron chi connectivity index (χ4n) is 2.83. The average Bonchev–Trinajstić information content (AvgIpc) is 3.24. The van der Waals surface area contributed by atoms with Gasteiger partial charge in [-0.05, 0) is 41.8 Å². The second-order valence-electron chi connectivity index (χ2n) is 5.44. The minimum atomic E-state index is -0.489. The lowest BCUT2D eigenvalue weighted by atomic mass is 9.99. The molecule has 0 fully saturated rings. The highest BCUT2D eigenvalue weighted by Gasteiger charge is 2.44. The second kappa shape index (κ2) is 6.29. The largest absolute Gasteiger partial charge is 0.503 e. The Kier molecular flexibility index (Phi) is 4.37. The lowest BCUT2D eigenvalue weighted by molar-refractivity contribution is -0.129. The Morgan fingerprint density at radius 1 is 1.30 bits per heavy atom. The number of Topliss-reactive ketones (excluding diaryl/α,β-unsaturated/α-hetero) is 1. The number of aryl methyl sites for hydroxylation is 1. The van der Waals surface area contributed by atoms with Gasteiger partial charge in [0.1, 0.15) is 0 Å². The summed E-state index contributed by atoms with van der Waals surface area (Å²) in [7, 11) is 0. The molecule has 1 unspecified atom stereocenters. The summed E-state index contributed by atoms with van der Waals surface area (Å²) in [4.78, 5) is 28.4. The van der Waals surface area contributed by atoms with Gasteiger partial charge in [0.05, 0.1) is 16.5 Å². The van der Waals surface area contributed by atoms with E-state index in [1.165, 1.54) is 22.7 Å². The smallest absolute Gasteiger partial charge is 0.290 e. The number of rotatable bonds is 5. The van der Waals surface area contributed by atoms with Gasteiger partial charge in [0, 0.05) is 11.4 Å². The van der Waals surface area contributed by atoms with Crippen LogP contribution in [0.5, 0.6) is 0 Å². The van der Waals surface area contributed by atoms with Gasteiger partial charge in [0.15, 0.2) is 5.76 Å². The molecule has 1 N–H and O–H groups in total. The van der Waals surface area contributed by atoms with Crippen molar-refractivity contribution >= 4 is 34.4 Å². The molecule has 1 aliphatic heterocycles. The Bertz CT molecular complexity index is 774. The maximum Gasteiger partial charge on any atom is 0.290 e. The molecule has 1 aliphatic rings. The summed E-state index contributed by atoms with van der Waals surface area (Å²) in [5, 5.41) is 14.1. The van der Waals surface area contributed by atoms with E-state index in [0.717, 1.165) is 16.9 Å². The van der Waals surface area contributed by atoms with E-state index in [1.54, 1.807) is 17.0 Å².